The number of rotatable bonds is 2. The molecular weight excluding hydrogens is 356 g/mol. The number of carbonyl (C=O) groups is 3. The molecule has 2 saturated heterocycles. The lowest BCUT2D eigenvalue weighted by atomic mass is 9.63. The molecule has 3 amide bonds. The van der Waals surface area contributed by atoms with Gasteiger partial charge in [-0.1, -0.05) is 18.2 Å². The predicted octanol–water partition coefficient (Wildman–Crippen LogP) is 1.72. The second-order valence-corrected chi connectivity index (χ2v) is 8.62. The number of imide groups is 1. The Morgan fingerprint density at radius 1 is 0.964 bits per heavy atom. The van der Waals surface area contributed by atoms with Gasteiger partial charge in [-0.15, -0.1) is 0 Å². The van der Waals surface area contributed by atoms with Gasteiger partial charge in [0.15, 0.2) is 0 Å². The van der Waals surface area contributed by atoms with Crippen molar-refractivity contribution >= 4 is 23.4 Å². The van der Waals surface area contributed by atoms with Crippen LogP contribution in [-0.2, 0) is 14.3 Å². The maximum Gasteiger partial charge on any atom is 0.254 e. The molecule has 0 spiro atoms. The molecule has 2 heterocycles. The highest BCUT2D eigenvalue weighted by Crippen LogP contribution is 2.65. The Balaban J connectivity index is 1.31. The molecule has 2 saturated carbocycles. The molecule has 1 aromatic carbocycles. The van der Waals surface area contributed by atoms with Crippen molar-refractivity contribution in [1.82, 2.24) is 4.90 Å². The summed E-state index contributed by atoms with van der Waals surface area (Å²) >= 11 is 0. The lowest BCUT2D eigenvalue weighted by Gasteiger charge is -2.37. The minimum atomic E-state index is -0.218. The van der Waals surface area contributed by atoms with Crippen LogP contribution in [0, 0.1) is 35.5 Å². The number of amides is 3. The van der Waals surface area contributed by atoms with Crippen LogP contribution in [0.4, 0.5) is 5.69 Å². The molecule has 6 aliphatic rings. The lowest BCUT2D eigenvalue weighted by molar-refractivity contribution is -0.124. The first-order valence-electron chi connectivity index (χ1n) is 10.2. The highest BCUT2D eigenvalue weighted by Gasteiger charge is 2.67. The van der Waals surface area contributed by atoms with Crippen molar-refractivity contribution in [2.45, 2.75) is 6.42 Å². The van der Waals surface area contributed by atoms with Crippen molar-refractivity contribution in [3.05, 3.63) is 42.0 Å². The van der Waals surface area contributed by atoms with Gasteiger partial charge in [0.1, 0.15) is 0 Å². The molecule has 6 unspecified atom stereocenters. The van der Waals surface area contributed by atoms with Crippen LogP contribution >= 0.6 is 0 Å². The first-order valence-corrected chi connectivity index (χ1v) is 10.2. The average Bonchev–Trinajstić information content (AvgIpc) is 3.52. The lowest BCUT2D eigenvalue weighted by Crippen LogP contribution is -2.40. The van der Waals surface area contributed by atoms with Gasteiger partial charge in [0, 0.05) is 18.7 Å². The van der Waals surface area contributed by atoms with E-state index in [1.165, 1.54) is 4.90 Å². The second kappa shape index (κ2) is 5.77. The van der Waals surface area contributed by atoms with Gasteiger partial charge < -0.3 is 9.64 Å². The Morgan fingerprint density at radius 3 is 2.25 bits per heavy atom. The number of nitrogens with zero attached hydrogens (tertiary/aromatic N) is 2. The third kappa shape index (κ3) is 2.15. The van der Waals surface area contributed by atoms with Gasteiger partial charge in [-0.2, -0.15) is 0 Å². The van der Waals surface area contributed by atoms with Gasteiger partial charge in [-0.05, 0) is 48.3 Å². The first kappa shape index (κ1) is 16.5. The molecule has 7 rings (SSSR count). The van der Waals surface area contributed by atoms with Crippen molar-refractivity contribution < 1.29 is 19.1 Å². The van der Waals surface area contributed by atoms with Gasteiger partial charge in [0.25, 0.3) is 5.91 Å². The molecule has 4 fully saturated rings. The van der Waals surface area contributed by atoms with Crippen LogP contribution in [0.3, 0.4) is 0 Å². The third-order valence-corrected chi connectivity index (χ3v) is 7.31. The Bertz CT molecular complexity index is 883. The summed E-state index contributed by atoms with van der Waals surface area (Å²) in [6, 6.07) is 6.97. The Morgan fingerprint density at radius 2 is 1.61 bits per heavy atom. The molecule has 6 atom stereocenters. The minimum absolute atomic E-state index is 0.0790. The zero-order chi connectivity index (χ0) is 19.0. The molecule has 0 N–H and O–H groups in total. The minimum Gasteiger partial charge on any atom is -0.378 e. The largest absolute Gasteiger partial charge is 0.378 e. The van der Waals surface area contributed by atoms with Crippen molar-refractivity contribution in [3.63, 3.8) is 0 Å². The quantitative estimate of drug-likeness (QED) is 0.581. The van der Waals surface area contributed by atoms with Gasteiger partial charge >= 0.3 is 0 Å². The summed E-state index contributed by atoms with van der Waals surface area (Å²) in [5.41, 5.74) is 1.04. The number of ether oxygens (including phenoxy) is 1. The Labute approximate surface area is 163 Å². The summed E-state index contributed by atoms with van der Waals surface area (Å²) in [5, 5.41) is 0. The number of carbonyl (C=O) groups excluding carboxylic acids is 3. The molecule has 28 heavy (non-hydrogen) atoms. The highest BCUT2D eigenvalue weighted by atomic mass is 16.5. The molecule has 6 nitrogen and oxygen atoms in total. The predicted molar refractivity (Wildman–Crippen MR) is 100 cm³/mol. The molecule has 4 aliphatic carbocycles. The van der Waals surface area contributed by atoms with Crippen LogP contribution in [-0.4, -0.2) is 48.9 Å². The van der Waals surface area contributed by atoms with E-state index >= 15 is 0 Å². The molecule has 144 valence electrons. The molecular formula is C22H22N2O4. The van der Waals surface area contributed by atoms with Crippen LogP contribution in [0.15, 0.2) is 36.4 Å². The number of allylic oxidation sites excluding steroid dienone is 2. The van der Waals surface area contributed by atoms with Gasteiger partial charge in [-0.25, -0.2) is 4.90 Å². The fourth-order valence-electron chi connectivity index (χ4n) is 5.94. The third-order valence-electron chi connectivity index (χ3n) is 7.31. The highest BCUT2D eigenvalue weighted by molar-refractivity contribution is 6.23. The van der Waals surface area contributed by atoms with Crippen LogP contribution in [0.5, 0.6) is 0 Å². The van der Waals surface area contributed by atoms with E-state index in [9.17, 15) is 14.4 Å². The summed E-state index contributed by atoms with van der Waals surface area (Å²) < 4.78 is 5.31. The van der Waals surface area contributed by atoms with Crippen molar-refractivity contribution in [3.8, 4) is 0 Å². The molecule has 0 aromatic heterocycles. The van der Waals surface area contributed by atoms with E-state index in [0.717, 1.165) is 6.42 Å². The summed E-state index contributed by atoms with van der Waals surface area (Å²) in [5.74, 6) is 0.897. The zero-order valence-electron chi connectivity index (χ0n) is 15.5. The topological polar surface area (TPSA) is 66.9 Å². The van der Waals surface area contributed by atoms with Crippen LogP contribution < -0.4 is 4.90 Å². The van der Waals surface area contributed by atoms with Crippen LogP contribution in [0.25, 0.3) is 0 Å². The fraction of sp³-hybridized carbons (Fsp3) is 0.500. The first-order chi connectivity index (χ1) is 13.6. The van der Waals surface area contributed by atoms with E-state index in [4.69, 9.17) is 4.74 Å². The maximum absolute atomic E-state index is 13.2. The second-order valence-electron chi connectivity index (χ2n) is 8.62. The van der Waals surface area contributed by atoms with Gasteiger partial charge in [0.2, 0.25) is 11.8 Å². The zero-order valence-corrected chi connectivity index (χ0v) is 15.5. The van der Waals surface area contributed by atoms with Crippen molar-refractivity contribution in [2.24, 2.45) is 35.5 Å². The standard InChI is InChI=1S/C22H22N2O4/c25-20(23-6-8-28-9-7-23)12-2-1-3-13(10-12)24-21(26)18-14-4-5-15(17-11-16(14)17)19(18)22(24)27/h1-5,10,14-19H,6-9,11H2. The van der Waals surface area contributed by atoms with Crippen LogP contribution in [0.1, 0.15) is 16.8 Å². The normalized spacial score (nSPS) is 37.9. The fourth-order valence-corrected chi connectivity index (χ4v) is 5.94. The van der Waals surface area contributed by atoms with Gasteiger partial charge in [0.05, 0.1) is 30.7 Å². The summed E-state index contributed by atoms with van der Waals surface area (Å²) in [4.78, 5) is 42.4. The monoisotopic (exact) mass is 378 g/mol. The number of morpholine rings is 1. The van der Waals surface area contributed by atoms with Crippen molar-refractivity contribution in [1.29, 1.82) is 0 Å². The van der Waals surface area contributed by atoms with Gasteiger partial charge in [-0.3, -0.25) is 14.4 Å². The van der Waals surface area contributed by atoms with E-state index in [0.29, 0.717) is 49.4 Å². The molecule has 2 bridgehead atoms. The molecule has 2 aliphatic heterocycles. The SMILES string of the molecule is O=C(c1cccc(N2C(=O)C3C4C=CC(C5CC45)C3C2=O)c1)N1CCOCC1. The van der Waals surface area contributed by atoms with E-state index in [-0.39, 0.29) is 41.4 Å². The Hall–Kier alpha value is -2.47. The van der Waals surface area contributed by atoms with E-state index < -0.39 is 0 Å². The summed E-state index contributed by atoms with van der Waals surface area (Å²) in [7, 11) is 0. The smallest absolute Gasteiger partial charge is 0.254 e. The number of benzene rings is 1. The summed E-state index contributed by atoms with van der Waals surface area (Å²) in [6.07, 6.45) is 5.50. The number of hydrogen-bond donors (Lipinski definition) is 0. The van der Waals surface area contributed by atoms with E-state index in [1.54, 1.807) is 29.2 Å². The molecule has 6 heteroatoms. The van der Waals surface area contributed by atoms with E-state index in [2.05, 4.69) is 12.2 Å². The molecule has 1 aromatic rings. The van der Waals surface area contributed by atoms with E-state index in [1.807, 2.05) is 0 Å². The maximum atomic E-state index is 13.2. The van der Waals surface area contributed by atoms with Crippen LogP contribution in [0.2, 0.25) is 0 Å². The number of anilines is 1. The Kier molecular flexibility index (Phi) is 3.39. The number of hydrogen-bond acceptors (Lipinski definition) is 4. The van der Waals surface area contributed by atoms with Crippen molar-refractivity contribution in [2.75, 3.05) is 31.2 Å². The summed E-state index contributed by atoms with van der Waals surface area (Å²) in [6.45, 7) is 2.20. The average molecular weight is 378 g/mol. The molecule has 0 radical (unpaired) electrons.